The van der Waals surface area contributed by atoms with Gasteiger partial charge in [-0.3, -0.25) is 4.79 Å². The van der Waals surface area contributed by atoms with Gasteiger partial charge in [0.1, 0.15) is 5.60 Å². The maximum Gasteiger partial charge on any atom is 0.330 e. The molecule has 0 amide bonds. The SMILES string of the molecule is COC(=O)C1CCC(C)(/C=C/C(=O)OC(C)(C)C)C1(C)C. The molecule has 0 saturated heterocycles. The van der Waals surface area contributed by atoms with Crippen LogP contribution >= 0.6 is 0 Å². The molecule has 2 atom stereocenters. The average Bonchev–Trinajstić information content (AvgIpc) is 2.56. The van der Waals surface area contributed by atoms with Crippen molar-refractivity contribution in [3.05, 3.63) is 12.2 Å². The highest BCUT2D eigenvalue weighted by molar-refractivity contribution is 5.82. The number of esters is 2. The van der Waals surface area contributed by atoms with Crippen LogP contribution in [0.4, 0.5) is 0 Å². The average molecular weight is 296 g/mol. The Hall–Kier alpha value is -1.32. The minimum Gasteiger partial charge on any atom is -0.469 e. The van der Waals surface area contributed by atoms with E-state index in [4.69, 9.17) is 9.47 Å². The standard InChI is InChI=1S/C17H28O4/c1-15(2,3)21-13(18)9-11-17(6)10-8-12(14(19)20-7)16(17,4)5/h9,11-12H,8,10H2,1-7H3/b11-9+. The van der Waals surface area contributed by atoms with E-state index in [1.54, 1.807) is 0 Å². The minimum absolute atomic E-state index is 0.143. The summed E-state index contributed by atoms with van der Waals surface area (Å²) in [7, 11) is 1.42. The third-order valence-corrected chi connectivity index (χ3v) is 4.78. The van der Waals surface area contributed by atoms with Crippen molar-refractivity contribution >= 4 is 11.9 Å². The first-order valence-electron chi connectivity index (χ1n) is 7.43. The summed E-state index contributed by atoms with van der Waals surface area (Å²) in [6.07, 6.45) is 5.00. The third kappa shape index (κ3) is 3.86. The van der Waals surface area contributed by atoms with Crippen LogP contribution in [-0.4, -0.2) is 24.6 Å². The predicted octanol–water partition coefficient (Wildman–Crippen LogP) is 3.50. The smallest absolute Gasteiger partial charge is 0.330 e. The molecular weight excluding hydrogens is 268 g/mol. The van der Waals surface area contributed by atoms with Crippen molar-refractivity contribution in [2.45, 2.75) is 60.0 Å². The topological polar surface area (TPSA) is 52.6 Å². The highest BCUT2D eigenvalue weighted by Crippen LogP contribution is 2.57. The van der Waals surface area contributed by atoms with Gasteiger partial charge in [-0.1, -0.05) is 26.8 Å². The van der Waals surface area contributed by atoms with Gasteiger partial charge in [0.2, 0.25) is 0 Å². The van der Waals surface area contributed by atoms with Crippen molar-refractivity contribution in [3.8, 4) is 0 Å². The highest BCUT2D eigenvalue weighted by atomic mass is 16.6. The Kier molecular flexibility index (Phi) is 4.91. The van der Waals surface area contributed by atoms with Crippen molar-refractivity contribution in [1.82, 2.24) is 0 Å². The number of ether oxygens (including phenoxy) is 2. The molecule has 4 nitrogen and oxygen atoms in total. The van der Waals surface area contributed by atoms with E-state index in [2.05, 4.69) is 20.8 Å². The number of allylic oxidation sites excluding steroid dienone is 1. The summed E-state index contributed by atoms with van der Waals surface area (Å²) in [6.45, 7) is 11.7. The van der Waals surface area contributed by atoms with Crippen LogP contribution in [0.1, 0.15) is 54.4 Å². The fourth-order valence-electron chi connectivity index (χ4n) is 2.97. The summed E-state index contributed by atoms with van der Waals surface area (Å²) in [4.78, 5) is 23.7. The lowest BCUT2D eigenvalue weighted by Crippen LogP contribution is -2.37. The molecule has 0 aliphatic heterocycles. The summed E-state index contributed by atoms with van der Waals surface area (Å²) in [5.74, 6) is -0.661. The van der Waals surface area contributed by atoms with Crippen molar-refractivity contribution < 1.29 is 19.1 Å². The molecule has 0 aromatic carbocycles. The van der Waals surface area contributed by atoms with Gasteiger partial charge in [-0.25, -0.2) is 4.79 Å². The fourth-order valence-corrected chi connectivity index (χ4v) is 2.97. The molecule has 4 heteroatoms. The maximum absolute atomic E-state index is 11.9. The van der Waals surface area contributed by atoms with Gasteiger partial charge < -0.3 is 9.47 Å². The Balaban J connectivity index is 2.87. The van der Waals surface area contributed by atoms with Gasteiger partial charge in [-0.05, 0) is 44.4 Å². The van der Waals surface area contributed by atoms with Crippen LogP contribution < -0.4 is 0 Å². The highest BCUT2D eigenvalue weighted by Gasteiger charge is 2.53. The van der Waals surface area contributed by atoms with E-state index in [9.17, 15) is 9.59 Å². The minimum atomic E-state index is -0.498. The van der Waals surface area contributed by atoms with Crippen LogP contribution in [0.15, 0.2) is 12.2 Å². The molecule has 1 rings (SSSR count). The molecule has 0 heterocycles. The van der Waals surface area contributed by atoms with E-state index in [0.717, 1.165) is 12.8 Å². The first-order chi connectivity index (χ1) is 9.43. The molecule has 0 spiro atoms. The summed E-state index contributed by atoms with van der Waals surface area (Å²) >= 11 is 0. The number of carbonyl (C=O) groups excluding carboxylic acids is 2. The Bertz CT molecular complexity index is 442. The van der Waals surface area contributed by atoms with Gasteiger partial charge >= 0.3 is 11.9 Å². The van der Waals surface area contributed by atoms with Gasteiger partial charge in [-0.15, -0.1) is 0 Å². The van der Waals surface area contributed by atoms with Crippen molar-refractivity contribution in [3.63, 3.8) is 0 Å². The van der Waals surface area contributed by atoms with Crippen molar-refractivity contribution in [2.75, 3.05) is 7.11 Å². The predicted molar refractivity (Wildman–Crippen MR) is 81.6 cm³/mol. The van der Waals surface area contributed by atoms with Crippen LogP contribution in [0.2, 0.25) is 0 Å². The van der Waals surface area contributed by atoms with Crippen LogP contribution in [-0.2, 0) is 19.1 Å². The van der Waals surface area contributed by atoms with Gasteiger partial charge in [0.25, 0.3) is 0 Å². The van der Waals surface area contributed by atoms with E-state index in [-0.39, 0.29) is 28.7 Å². The lowest BCUT2D eigenvalue weighted by Gasteiger charge is -2.38. The number of hydrogen-bond acceptors (Lipinski definition) is 4. The van der Waals surface area contributed by atoms with Crippen LogP contribution in [0.25, 0.3) is 0 Å². The third-order valence-electron chi connectivity index (χ3n) is 4.78. The zero-order valence-corrected chi connectivity index (χ0v) is 14.3. The van der Waals surface area contributed by atoms with E-state index in [1.807, 2.05) is 26.8 Å². The molecule has 1 aliphatic carbocycles. The summed E-state index contributed by atoms with van der Waals surface area (Å²) in [5, 5.41) is 0. The number of methoxy groups -OCH3 is 1. The zero-order valence-electron chi connectivity index (χ0n) is 14.3. The molecule has 1 aliphatic rings. The Morgan fingerprint density at radius 2 is 1.76 bits per heavy atom. The lowest BCUT2D eigenvalue weighted by atomic mass is 9.65. The summed E-state index contributed by atoms with van der Waals surface area (Å²) < 4.78 is 10.2. The second-order valence-electron chi connectivity index (χ2n) is 7.62. The van der Waals surface area contributed by atoms with Gasteiger partial charge in [0, 0.05) is 6.08 Å². The zero-order chi connectivity index (χ0) is 16.5. The number of hydrogen-bond donors (Lipinski definition) is 0. The number of carbonyl (C=O) groups is 2. The Labute approximate surface area is 127 Å². The molecule has 0 aromatic heterocycles. The second kappa shape index (κ2) is 5.82. The van der Waals surface area contributed by atoms with Gasteiger partial charge in [-0.2, -0.15) is 0 Å². The summed E-state index contributed by atoms with van der Waals surface area (Å²) in [5.41, 5.74) is -0.997. The molecule has 0 N–H and O–H groups in total. The van der Waals surface area contributed by atoms with Crippen molar-refractivity contribution in [2.24, 2.45) is 16.7 Å². The monoisotopic (exact) mass is 296 g/mol. The molecule has 1 fully saturated rings. The maximum atomic E-state index is 11.9. The quantitative estimate of drug-likeness (QED) is 0.591. The van der Waals surface area contributed by atoms with Crippen LogP contribution in [0.5, 0.6) is 0 Å². The lowest BCUT2D eigenvalue weighted by molar-refractivity contribution is -0.149. The van der Waals surface area contributed by atoms with Gasteiger partial charge in [0.05, 0.1) is 13.0 Å². The Morgan fingerprint density at radius 1 is 1.19 bits per heavy atom. The molecule has 0 aromatic rings. The number of rotatable bonds is 3. The van der Waals surface area contributed by atoms with Gasteiger partial charge in [0.15, 0.2) is 0 Å². The molecule has 21 heavy (non-hydrogen) atoms. The second-order valence-corrected chi connectivity index (χ2v) is 7.62. The summed E-state index contributed by atoms with van der Waals surface area (Å²) in [6, 6.07) is 0. The van der Waals surface area contributed by atoms with E-state index >= 15 is 0 Å². The molecule has 1 saturated carbocycles. The molecule has 2 unspecified atom stereocenters. The fraction of sp³-hybridized carbons (Fsp3) is 0.765. The molecule has 0 bridgehead atoms. The van der Waals surface area contributed by atoms with E-state index < -0.39 is 5.60 Å². The van der Waals surface area contributed by atoms with Crippen LogP contribution in [0.3, 0.4) is 0 Å². The normalized spacial score (nSPS) is 28.6. The first kappa shape index (κ1) is 17.7. The molecular formula is C17H28O4. The first-order valence-corrected chi connectivity index (χ1v) is 7.43. The molecule has 0 radical (unpaired) electrons. The van der Waals surface area contributed by atoms with E-state index in [1.165, 1.54) is 13.2 Å². The van der Waals surface area contributed by atoms with E-state index in [0.29, 0.717) is 0 Å². The Morgan fingerprint density at radius 3 is 2.24 bits per heavy atom. The largest absolute Gasteiger partial charge is 0.469 e. The van der Waals surface area contributed by atoms with Crippen molar-refractivity contribution in [1.29, 1.82) is 0 Å². The molecule has 120 valence electrons. The van der Waals surface area contributed by atoms with Crippen LogP contribution in [0, 0.1) is 16.7 Å².